The maximum absolute atomic E-state index is 6.08. The van der Waals surface area contributed by atoms with Crippen LogP contribution in [0.2, 0.25) is 10.0 Å². The van der Waals surface area contributed by atoms with Gasteiger partial charge < -0.3 is 10.6 Å². The van der Waals surface area contributed by atoms with E-state index in [-0.39, 0.29) is 0 Å². The lowest BCUT2D eigenvalue weighted by atomic mass is 10.1. The quantitative estimate of drug-likeness (QED) is 0.712. The summed E-state index contributed by atoms with van der Waals surface area (Å²) in [7, 11) is 0. The summed E-state index contributed by atoms with van der Waals surface area (Å²) in [5.41, 5.74) is 1.10. The van der Waals surface area contributed by atoms with Gasteiger partial charge in [0.05, 0.1) is 0 Å². The Balaban J connectivity index is 2.15. The Kier molecular flexibility index (Phi) is 7.62. The van der Waals surface area contributed by atoms with E-state index in [1.807, 2.05) is 18.2 Å². The fourth-order valence-electron chi connectivity index (χ4n) is 1.56. The van der Waals surface area contributed by atoms with Crippen LogP contribution in [0.3, 0.4) is 0 Å². The van der Waals surface area contributed by atoms with E-state index in [0.717, 1.165) is 48.2 Å². The van der Waals surface area contributed by atoms with Gasteiger partial charge in [-0.05, 0) is 49.7 Å². The second kappa shape index (κ2) is 8.76. The van der Waals surface area contributed by atoms with Crippen LogP contribution in [0.25, 0.3) is 0 Å². The van der Waals surface area contributed by atoms with Gasteiger partial charge in [-0.15, -0.1) is 0 Å². The lowest BCUT2D eigenvalue weighted by Crippen LogP contribution is -2.29. The molecule has 1 rings (SSSR count). The summed E-state index contributed by atoms with van der Waals surface area (Å²) in [6.07, 6.45) is 2.09. The molecule has 0 aromatic heterocycles. The van der Waals surface area contributed by atoms with Gasteiger partial charge in [0.1, 0.15) is 0 Å². The highest BCUT2D eigenvalue weighted by Gasteiger charge is 2.00. The van der Waals surface area contributed by atoms with Crippen LogP contribution < -0.4 is 10.6 Å². The molecule has 0 unspecified atom stereocenters. The molecular formula is C13H20Cl2N2. The first-order valence-electron chi connectivity index (χ1n) is 6.09. The zero-order chi connectivity index (χ0) is 12.5. The van der Waals surface area contributed by atoms with Crippen LogP contribution in [0.5, 0.6) is 0 Å². The molecule has 1 aromatic rings. The molecule has 0 heterocycles. The third-order valence-electron chi connectivity index (χ3n) is 2.48. The van der Waals surface area contributed by atoms with E-state index in [9.17, 15) is 0 Å². The number of hydrogen-bond donors (Lipinski definition) is 2. The van der Waals surface area contributed by atoms with Crippen molar-refractivity contribution in [3.8, 4) is 0 Å². The maximum atomic E-state index is 6.08. The van der Waals surface area contributed by atoms with Crippen molar-refractivity contribution in [2.75, 3.05) is 26.2 Å². The third-order valence-corrected chi connectivity index (χ3v) is 3.09. The van der Waals surface area contributed by atoms with Gasteiger partial charge in [0.15, 0.2) is 0 Å². The van der Waals surface area contributed by atoms with E-state index in [0.29, 0.717) is 0 Å². The molecule has 2 N–H and O–H groups in total. The monoisotopic (exact) mass is 274 g/mol. The largest absolute Gasteiger partial charge is 0.315 e. The molecular weight excluding hydrogens is 255 g/mol. The zero-order valence-electron chi connectivity index (χ0n) is 10.2. The van der Waals surface area contributed by atoms with Gasteiger partial charge >= 0.3 is 0 Å². The average molecular weight is 275 g/mol. The molecule has 0 aliphatic heterocycles. The molecule has 2 nitrogen and oxygen atoms in total. The first-order chi connectivity index (χ1) is 8.24. The van der Waals surface area contributed by atoms with Crippen LogP contribution in [0.1, 0.15) is 18.9 Å². The Morgan fingerprint density at radius 1 is 1.00 bits per heavy atom. The summed E-state index contributed by atoms with van der Waals surface area (Å²) < 4.78 is 0. The molecule has 0 fully saturated rings. The summed E-state index contributed by atoms with van der Waals surface area (Å²) in [6, 6.07) is 5.60. The zero-order valence-corrected chi connectivity index (χ0v) is 11.7. The SMILES string of the molecule is CCCNCCNCCc1cc(Cl)ccc1Cl. The predicted molar refractivity (Wildman–Crippen MR) is 76.2 cm³/mol. The van der Waals surface area contributed by atoms with Crippen molar-refractivity contribution in [3.63, 3.8) is 0 Å². The fourth-order valence-corrected chi connectivity index (χ4v) is 1.97. The van der Waals surface area contributed by atoms with E-state index in [1.54, 1.807) is 0 Å². The molecule has 0 radical (unpaired) electrons. The number of benzene rings is 1. The summed E-state index contributed by atoms with van der Waals surface area (Å²) >= 11 is 12.0. The Labute approximate surface area is 114 Å². The molecule has 0 amide bonds. The third kappa shape index (κ3) is 6.27. The number of nitrogens with one attached hydrogen (secondary N) is 2. The first-order valence-corrected chi connectivity index (χ1v) is 6.85. The smallest absolute Gasteiger partial charge is 0.0439 e. The van der Waals surface area contributed by atoms with Crippen LogP contribution >= 0.6 is 23.2 Å². The van der Waals surface area contributed by atoms with E-state index in [1.165, 1.54) is 6.42 Å². The molecule has 96 valence electrons. The molecule has 0 bridgehead atoms. The highest BCUT2D eigenvalue weighted by molar-refractivity contribution is 6.33. The molecule has 0 saturated heterocycles. The van der Waals surface area contributed by atoms with E-state index < -0.39 is 0 Å². The van der Waals surface area contributed by atoms with Crippen molar-refractivity contribution in [1.29, 1.82) is 0 Å². The standard InChI is InChI=1S/C13H20Cl2N2/c1-2-6-16-8-9-17-7-5-11-10-12(14)3-4-13(11)15/h3-4,10,16-17H,2,5-9H2,1H3. The summed E-state index contributed by atoms with van der Waals surface area (Å²) in [5, 5.41) is 8.26. The number of rotatable bonds is 8. The van der Waals surface area contributed by atoms with Crippen molar-refractivity contribution in [2.45, 2.75) is 19.8 Å². The van der Waals surface area contributed by atoms with E-state index in [4.69, 9.17) is 23.2 Å². The minimum atomic E-state index is 0.744. The van der Waals surface area contributed by atoms with Gasteiger partial charge in [0.2, 0.25) is 0 Å². The van der Waals surface area contributed by atoms with Crippen molar-refractivity contribution < 1.29 is 0 Å². The molecule has 0 spiro atoms. The Bertz CT molecular complexity index is 329. The van der Waals surface area contributed by atoms with Gasteiger partial charge in [-0.3, -0.25) is 0 Å². The summed E-state index contributed by atoms with van der Waals surface area (Å²) in [6.45, 7) is 6.17. The maximum Gasteiger partial charge on any atom is 0.0439 e. The van der Waals surface area contributed by atoms with Crippen LogP contribution in [0, 0.1) is 0 Å². The Morgan fingerprint density at radius 2 is 1.71 bits per heavy atom. The highest BCUT2D eigenvalue weighted by atomic mass is 35.5. The molecule has 17 heavy (non-hydrogen) atoms. The molecule has 0 aliphatic rings. The van der Waals surface area contributed by atoms with Crippen LogP contribution in [0.4, 0.5) is 0 Å². The van der Waals surface area contributed by atoms with Crippen LogP contribution in [0.15, 0.2) is 18.2 Å². The number of halogens is 2. The molecule has 1 aromatic carbocycles. The van der Waals surface area contributed by atoms with Gasteiger partial charge in [-0.2, -0.15) is 0 Å². The molecule has 0 atom stereocenters. The van der Waals surface area contributed by atoms with Gasteiger partial charge in [-0.25, -0.2) is 0 Å². The second-order valence-electron chi connectivity index (χ2n) is 3.99. The average Bonchev–Trinajstić information content (AvgIpc) is 2.32. The minimum Gasteiger partial charge on any atom is -0.315 e. The summed E-state index contributed by atoms with van der Waals surface area (Å²) in [5.74, 6) is 0. The van der Waals surface area contributed by atoms with E-state index in [2.05, 4.69) is 17.6 Å². The minimum absolute atomic E-state index is 0.744. The lowest BCUT2D eigenvalue weighted by Gasteiger charge is -2.07. The highest BCUT2D eigenvalue weighted by Crippen LogP contribution is 2.20. The Morgan fingerprint density at radius 3 is 2.41 bits per heavy atom. The Hall–Kier alpha value is -0.280. The van der Waals surface area contributed by atoms with Gasteiger partial charge in [-0.1, -0.05) is 30.1 Å². The van der Waals surface area contributed by atoms with E-state index >= 15 is 0 Å². The van der Waals surface area contributed by atoms with Crippen molar-refractivity contribution in [1.82, 2.24) is 10.6 Å². The summed E-state index contributed by atoms with van der Waals surface area (Å²) in [4.78, 5) is 0. The second-order valence-corrected chi connectivity index (χ2v) is 4.83. The van der Waals surface area contributed by atoms with Crippen molar-refractivity contribution in [2.24, 2.45) is 0 Å². The first kappa shape index (κ1) is 14.8. The van der Waals surface area contributed by atoms with Crippen molar-refractivity contribution >= 4 is 23.2 Å². The van der Waals surface area contributed by atoms with Gasteiger partial charge in [0, 0.05) is 23.1 Å². The molecule has 0 saturated carbocycles. The fraction of sp³-hybridized carbons (Fsp3) is 0.538. The lowest BCUT2D eigenvalue weighted by molar-refractivity contribution is 0.607. The van der Waals surface area contributed by atoms with Crippen LogP contribution in [-0.2, 0) is 6.42 Å². The topological polar surface area (TPSA) is 24.1 Å². The normalized spacial score (nSPS) is 10.8. The number of hydrogen-bond acceptors (Lipinski definition) is 2. The predicted octanol–water partition coefficient (Wildman–Crippen LogP) is 3.13. The van der Waals surface area contributed by atoms with Crippen molar-refractivity contribution in [3.05, 3.63) is 33.8 Å². The molecule has 0 aliphatic carbocycles. The molecule has 4 heteroatoms. The van der Waals surface area contributed by atoms with Gasteiger partial charge in [0.25, 0.3) is 0 Å². The van der Waals surface area contributed by atoms with Crippen LogP contribution in [-0.4, -0.2) is 26.2 Å².